The number of phenolic OH excluding ortho intramolecular Hbond substituents is 2. The molecule has 1 aliphatic heterocycles. The van der Waals surface area contributed by atoms with E-state index in [2.05, 4.69) is 0 Å². The van der Waals surface area contributed by atoms with Crippen LogP contribution in [0.1, 0.15) is 31.2 Å². The molecule has 0 unspecified atom stereocenters. The van der Waals surface area contributed by atoms with Gasteiger partial charge >= 0.3 is 5.69 Å². The van der Waals surface area contributed by atoms with Crippen molar-refractivity contribution in [1.82, 2.24) is 13.7 Å². The number of hydrogen-bond donors (Lipinski definition) is 2. The predicted octanol–water partition coefficient (Wildman–Crippen LogP) is 3.63. The van der Waals surface area contributed by atoms with Crippen molar-refractivity contribution >= 4 is 22.5 Å². The molecule has 0 saturated heterocycles. The summed E-state index contributed by atoms with van der Waals surface area (Å²) in [5.74, 6) is -0.228. The summed E-state index contributed by atoms with van der Waals surface area (Å²) in [4.78, 5) is 26.5. The van der Waals surface area contributed by atoms with E-state index in [1.165, 1.54) is 23.7 Å². The quantitative estimate of drug-likeness (QED) is 0.455. The topological polar surface area (TPSA) is 98.6 Å². The summed E-state index contributed by atoms with van der Waals surface area (Å²) in [6.45, 7) is 4.26. The molecule has 0 fully saturated rings. The van der Waals surface area contributed by atoms with E-state index >= 15 is 0 Å². The maximum Gasteiger partial charge on any atom is 0.331 e. The number of benzene rings is 2. The van der Waals surface area contributed by atoms with E-state index in [4.69, 9.17) is 16.3 Å². The van der Waals surface area contributed by atoms with Gasteiger partial charge in [0.05, 0.1) is 34.4 Å². The summed E-state index contributed by atoms with van der Waals surface area (Å²) >= 11 is 6.14. The van der Waals surface area contributed by atoms with Crippen LogP contribution in [0.4, 0.5) is 0 Å². The molecular weight excluding hydrogens is 458 g/mol. The smallest absolute Gasteiger partial charge is 0.331 e. The van der Waals surface area contributed by atoms with Crippen LogP contribution in [0.3, 0.4) is 0 Å². The van der Waals surface area contributed by atoms with E-state index in [0.29, 0.717) is 32.9 Å². The lowest BCUT2D eigenvalue weighted by molar-refractivity contribution is -0.00800. The van der Waals surface area contributed by atoms with Crippen LogP contribution in [0.15, 0.2) is 52.1 Å². The number of aromatic hydroxyl groups is 2. The maximum absolute atomic E-state index is 13.5. The van der Waals surface area contributed by atoms with Gasteiger partial charge < -0.3 is 19.5 Å². The number of fused-ring (bicyclic) bond motifs is 3. The summed E-state index contributed by atoms with van der Waals surface area (Å²) in [7, 11) is 3.07. The first kappa shape index (κ1) is 22.3. The standard InChI is InChI=1S/C25H24ClN3O5/c1-25(2)12-34-22(16-10-9-15(30)11-17(16)31)21-20-18(23(32)28(4)24(33)27(20)3)19(29(21)25)13-5-7-14(26)8-6-13/h5-11,22,30-31H,12H2,1-4H3/t22-/m1/s1. The average Bonchev–Trinajstić information content (AvgIpc) is 3.15. The van der Waals surface area contributed by atoms with E-state index in [1.54, 1.807) is 25.2 Å². The van der Waals surface area contributed by atoms with Gasteiger partial charge in [-0.05, 0) is 43.7 Å². The van der Waals surface area contributed by atoms with Crippen LogP contribution < -0.4 is 11.2 Å². The largest absolute Gasteiger partial charge is 0.508 e. The van der Waals surface area contributed by atoms with Crippen LogP contribution in [0, 0.1) is 0 Å². The fourth-order valence-corrected chi connectivity index (χ4v) is 4.99. The molecule has 0 bridgehead atoms. The van der Waals surface area contributed by atoms with Gasteiger partial charge in [-0.2, -0.15) is 0 Å². The van der Waals surface area contributed by atoms with E-state index < -0.39 is 22.9 Å². The van der Waals surface area contributed by atoms with Crippen LogP contribution in [0.2, 0.25) is 5.02 Å². The minimum absolute atomic E-state index is 0.0826. The lowest BCUT2D eigenvalue weighted by Crippen LogP contribution is -2.40. The van der Waals surface area contributed by atoms with Crippen LogP contribution in [-0.2, 0) is 24.4 Å². The summed E-state index contributed by atoms with van der Waals surface area (Å²) in [6.07, 6.45) is -0.783. The molecule has 1 atom stereocenters. The molecule has 34 heavy (non-hydrogen) atoms. The van der Waals surface area contributed by atoms with Gasteiger partial charge in [-0.1, -0.05) is 23.7 Å². The van der Waals surface area contributed by atoms with Crippen LogP contribution in [0.25, 0.3) is 22.2 Å². The Morgan fingerprint density at radius 1 is 1.03 bits per heavy atom. The molecule has 0 amide bonds. The molecule has 8 nitrogen and oxygen atoms in total. The molecule has 2 aromatic carbocycles. The number of rotatable bonds is 2. The van der Waals surface area contributed by atoms with Crippen molar-refractivity contribution in [2.75, 3.05) is 6.61 Å². The summed E-state index contributed by atoms with van der Waals surface area (Å²) in [5.41, 5.74) is 1.37. The SMILES string of the molecule is Cn1c(=O)c2c(-c3ccc(Cl)cc3)n3c(c2n(C)c1=O)[C@@H](c1ccc(O)cc1O)OCC3(C)C. The third-order valence-electron chi connectivity index (χ3n) is 6.48. The molecule has 0 spiro atoms. The molecule has 0 aliphatic carbocycles. The number of nitrogens with zero attached hydrogens (tertiary/aromatic N) is 3. The zero-order chi connectivity index (χ0) is 24.5. The molecule has 1 aliphatic rings. The summed E-state index contributed by atoms with van der Waals surface area (Å²) < 4.78 is 10.8. The van der Waals surface area contributed by atoms with Crippen molar-refractivity contribution in [3.63, 3.8) is 0 Å². The van der Waals surface area contributed by atoms with Crippen molar-refractivity contribution < 1.29 is 14.9 Å². The Kier molecular flexibility index (Phi) is 4.93. The maximum atomic E-state index is 13.5. The Bertz CT molecular complexity index is 1580. The molecule has 3 heterocycles. The Balaban J connectivity index is 2.01. The van der Waals surface area contributed by atoms with Crippen LogP contribution in [0.5, 0.6) is 11.5 Å². The second-order valence-corrected chi connectivity index (χ2v) is 9.69. The zero-order valence-corrected chi connectivity index (χ0v) is 19.9. The van der Waals surface area contributed by atoms with Gasteiger partial charge in [-0.25, -0.2) is 4.79 Å². The lowest BCUT2D eigenvalue weighted by atomic mass is 9.97. The molecule has 5 rings (SSSR count). The molecule has 0 radical (unpaired) electrons. The highest BCUT2D eigenvalue weighted by molar-refractivity contribution is 6.30. The van der Waals surface area contributed by atoms with Crippen LogP contribution in [-0.4, -0.2) is 30.5 Å². The first-order valence-corrected chi connectivity index (χ1v) is 11.1. The molecule has 0 saturated carbocycles. The lowest BCUT2D eigenvalue weighted by Gasteiger charge is -2.39. The minimum Gasteiger partial charge on any atom is -0.508 e. The third kappa shape index (κ3) is 3.09. The Hall–Kier alpha value is -3.49. The number of ether oxygens (including phenoxy) is 1. The average molecular weight is 482 g/mol. The molecule has 4 aromatic rings. The Labute approximate surface area is 199 Å². The predicted molar refractivity (Wildman–Crippen MR) is 130 cm³/mol. The second-order valence-electron chi connectivity index (χ2n) is 9.25. The van der Waals surface area contributed by atoms with Gasteiger partial charge in [0.15, 0.2) is 0 Å². The van der Waals surface area contributed by atoms with Gasteiger partial charge in [0.2, 0.25) is 0 Å². The summed E-state index contributed by atoms with van der Waals surface area (Å²) in [6, 6.07) is 11.5. The Morgan fingerprint density at radius 2 is 1.71 bits per heavy atom. The first-order valence-electron chi connectivity index (χ1n) is 10.8. The molecule has 176 valence electrons. The van der Waals surface area contributed by atoms with E-state index in [-0.39, 0.29) is 18.1 Å². The monoisotopic (exact) mass is 481 g/mol. The van der Waals surface area contributed by atoms with Gasteiger partial charge in [0, 0.05) is 30.7 Å². The zero-order valence-electron chi connectivity index (χ0n) is 19.2. The number of aryl methyl sites for hydroxylation is 1. The molecule has 9 heteroatoms. The van der Waals surface area contributed by atoms with E-state index in [9.17, 15) is 19.8 Å². The second kappa shape index (κ2) is 7.51. The van der Waals surface area contributed by atoms with Gasteiger partial charge in [0.25, 0.3) is 5.56 Å². The van der Waals surface area contributed by atoms with Gasteiger partial charge in [-0.3, -0.25) is 13.9 Å². The van der Waals surface area contributed by atoms with E-state index in [1.807, 2.05) is 30.5 Å². The third-order valence-corrected chi connectivity index (χ3v) is 6.73. The number of hydrogen-bond acceptors (Lipinski definition) is 5. The van der Waals surface area contributed by atoms with Crippen molar-refractivity contribution in [3.8, 4) is 22.8 Å². The number of halogens is 1. The van der Waals surface area contributed by atoms with Gasteiger partial charge in [-0.15, -0.1) is 0 Å². The fourth-order valence-electron chi connectivity index (χ4n) is 4.87. The van der Waals surface area contributed by atoms with Crippen molar-refractivity contribution in [2.45, 2.75) is 25.5 Å². The van der Waals surface area contributed by atoms with Crippen LogP contribution >= 0.6 is 11.6 Å². The Morgan fingerprint density at radius 3 is 2.35 bits per heavy atom. The van der Waals surface area contributed by atoms with Crippen molar-refractivity contribution in [3.05, 3.63) is 79.6 Å². The van der Waals surface area contributed by atoms with E-state index in [0.717, 1.165) is 10.1 Å². The van der Waals surface area contributed by atoms with Crippen molar-refractivity contribution in [2.24, 2.45) is 14.1 Å². The molecule has 2 aromatic heterocycles. The normalized spacial score (nSPS) is 17.1. The fraction of sp³-hybridized carbons (Fsp3) is 0.280. The molecule has 2 N–H and O–H groups in total. The molecular formula is C25H24ClN3O5. The number of aromatic nitrogens is 3. The highest BCUT2D eigenvalue weighted by Crippen LogP contribution is 2.47. The minimum atomic E-state index is -0.783. The van der Waals surface area contributed by atoms with Gasteiger partial charge in [0.1, 0.15) is 17.6 Å². The summed E-state index contributed by atoms with van der Waals surface area (Å²) in [5, 5.41) is 21.4. The highest BCUT2D eigenvalue weighted by Gasteiger charge is 2.41. The highest BCUT2D eigenvalue weighted by atomic mass is 35.5. The number of phenols is 2. The first-order chi connectivity index (χ1) is 16.0. The van der Waals surface area contributed by atoms with Crippen molar-refractivity contribution in [1.29, 1.82) is 0 Å².